The summed E-state index contributed by atoms with van der Waals surface area (Å²) in [5.74, 6) is -1.10. The number of benzene rings is 2. The SMILES string of the molecule is CC1=NC2=C(C(=O)CCC2)[C@@H](c2cccc(O)c2)C1C(=O)Nc1ccccc1C. The zero-order valence-corrected chi connectivity index (χ0v) is 16.6. The highest BCUT2D eigenvalue weighted by atomic mass is 16.3. The van der Waals surface area contributed by atoms with E-state index in [4.69, 9.17) is 0 Å². The van der Waals surface area contributed by atoms with Crippen LogP contribution in [0.1, 0.15) is 43.2 Å². The summed E-state index contributed by atoms with van der Waals surface area (Å²) in [7, 11) is 0. The van der Waals surface area contributed by atoms with Gasteiger partial charge in [0.2, 0.25) is 5.91 Å². The number of nitrogens with one attached hydrogen (secondary N) is 1. The monoisotopic (exact) mass is 388 g/mol. The van der Waals surface area contributed by atoms with Crippen molar-refractivity contribution in [3.63, 3.8) is 0 Å². The standard InChI is InChI=1S/C24H24N2O3/c1-14-7-3-4-10-18(14)26-24(29)21-15(2)25-19-11-6-12-20(28)23(19)22(21)16-8-5-9-17(27)13-16/h3-5,7-10,13,21-22,27H,6,11-12H2,1-2H3,(H,26,29)/t21?,22-/m0/s1. The Morgan fingerprint density at radius 3 is 2.66 bits per heavy atom. The Labute approximate surface area is 170 Å². The molecule has 2 N–H and O–H groups in total. The molecule has 148 valence electrons. The summed E-state index contributed by atoms with van der Waals surface area (Å²) in [4.78, 5) is 30.9. The lowest BCUT2D eigenvalue weighted by atomic mass is 9.71. The highest BCUT2D eigenvalue weighted by Crippen LogP contribution is 2.44. The van der Waals surface area contributed by atoms with Gasteiger partial charge in [-0.3, -0.25) is 14.6 Å². The number of Topliss-reactive ketones (excluding diaryl/α,β-unsaturated/α-hetero) is 1. The average molecular weight is 388 g/mol. The van der Waals surface area contributed by atoms with Crippen LogP contribution in [0.5, 0.6) is 5.75 Å². The molecule has 0 saturated heterocycles. The molecule has 29 heavy (non-hydrogen) atoms. The summed E-state index contributed by atoms with van der Waals surface area (Å²) in [6.45, 7) is 3.79. The number of phenolic OH excluding ortho intramolecular Hbond substituents is 1. The van der Waals surface area contributed by atoms with Crippen molar-refractivity contribution >= 4 is 23.1 Å². The highest BCUT2D eigenvalue weighted by Gasteiger charge is 2.42. The number of aromatic hydroxyl groups is 1. The molecular formula is C24H24N2O3. The minimum absolute atomic E-state index is 0.0459. The lowest BCUT2D eigenvalue weighted by molar-refractivity contribution is -0.119. The van der Waals surface area contributed by atoms with Gasteiger partial charge in [0.1, 0.15) is 5.75 Å². The Morgan fingerprint density at radius 1 is 1.10 bits per heavy atom. The van der Waals surface area contributed by atoms with Crippen molar-refractivity contribution in [3.8, 4) is 5.75 Å². The van der Waals surface area contributed by atoms with E-state index in [1.165, 1.54) is 0 Å². The topological polar surface area (TPSA) is 78.8 Å². The second kappa shape index (κ2) is 7.66. The first-order valence-corrected chi connectivity index (χ1v) is 9.92. The van der Waals surface area contributed by atoms with E-state index in [9.17, 15) is 14.7 Å². The molecule has 2 aliphatic rings. The van der Waals surface area contributed by atoms with Gasteiger partial charge in [0.25, 0.3) is 0 Å². The number of carbonyl (C=O) groups excluding carboxylic acids is 2. The zero-order valence-electron chi connectivity index (χ0n) is 16.6. The molecule has 2 atom stereocenters. The van der Waals surface area contributed by atoms with Crippen LogP contribution in [0.3, 0.4) is 0 Å². The van der Waals surface area contributed by atoms with Crippen LogP contribution < -0.4 is 5.32 Å². The number of allylic oxidation sites excluding steroid dienone is 2. The quantitative estimate of drug-likeness (QED) is 0.811. The van der Waals surface area contributed by atoms with Gasteiger partial charge in [-0.2, -0.15) is 0 Å². The molecule has 0 radical (unpaired) electrons. The number of aliphatic imine (C=N–C) groups is 1. The predicted octanol–water partition coefficient (Wildman–Crippen LogP) is 4.52. The molecule has 2 aromatic carbocycles. The van der Waals surface area contributed by atoms with Crippen molar-refractivity contribution in [3.05, 3.63) is 70.9 Å². The van der Waals surface area contributed by atoms with Crippen LogP contribution in [-0.4, -0.2) is 22.5 Å². The summed E-state index contributed by atoms with van der Waals surface area (Å²) >= 11 is 0. The lowest BCUT2D eigenvalue weighted by Crippen LogP contribution is -2.39. The van der Waals surface area contributed by atoms with Crippen LogP contribution >= 0.6 is 0 Å². The molecule has 1 amide bonds. The van der Waals surface area contributed by atoms with Crippen molar-refractivity contribution in [1.29, 1.82) is 0 Å². The van der Waals surface area contributed by atoms with Crippen LogP contribution in [-0.2, 0) is 9.59 Å². The Balaban J connectivity index is 1.79. The van der Waals surface area contributed by atoms with Gasteiger partial charge in [-0.05, 0) is 56.0 Å². The van der Waals surface area contributed by atoms with Gasteiger partial charge in [-0.15, -0.1) is 0 Å². The molecule has 1 aliphatic carbocycles. The molecule has 2 aromatic rings. The second-order valence-corrected chi connectivity index (χ2v) is 7.74. The summed E-state index contributed by atoms with van der Waals surface area (Å²) < 4.78 is 0. The van der Waals surface area contributed by atoms with E-state index in [1.807, 2.05) is 44.2 Å². The van der Waals surface area contributed by atoms with Gasteiger partial charge in [-0.25, -0.2) is 0 Å². The van der Waals surface area contributed by atoms with E-state index in [0.29, 0.717) is 17.7 Å². The Kier molecular flexibility index (Phi) is 5.05. The normalized spacial score (nSPS) is 21.4. The zero-order chi connectivity index (χ0) is 20.5. The number of nitrogens with zero attached hydrogens (tertiary/aromatic N) is 1. The van der Waals surface area contributed by atoms with Crippen molar-refractivity contribution in [2.45, 2.75) is 39.0 Å². The molecule has 5 heteroatoms. The number of hydrogen-bond acceptors (Lipinski definition) is 4. The fraction of sp³-hybridized carbons (Fsp3) is 0.292. The van der Waals surface area contributed by atoms with E-state index in [1.54, 1.807) is 18.2 Å². The summed E-state index contributed by atoms with van der Waals surface area (Å²) in [6.07, 6.45) is 1.98. The van der Waals surface area contributed by atoms with Gasteiger partial charge in [0.05, 0.1) is 5.92 Å². The van der Waals surface area contributed by atoms with Crippen LogP contribution in [0, 0.1) is 12.8 Å². The van der Waals surface area contributed by atoms with E-state index in [-0.39, 0.29) is 17.4 Å². The highest BCUT2D eigenvalue weighted by molar-refractivity contribution is 6.13. The van der Waals surface area contributed by atoms with Crippen molar-refractivity contribution < 1.29 is 14.7 Å². The van der Waals surface area contributed by atoms with Gasteiger partial charge in [0.15, 0.2) is 5.78 Å². The number of carbonyl (C=O) groups is 2. The van der Waals surface area contributed by atoms with E-state index >= 15 is 0 Å². The fourth-order valence-corrected chi connectivity index (χ4v) is 4.35. The Bertz CT molecular complexity index is 1050. The molecule has 0 aromatic heterocycles. The third-order valence-electron chi connectivity index (χ3n) is 5.75. The molecule has 0 spiro atoms. The first-order valence-electron chi connectivity index (χ1n) is 9.92. The maximum atomic E-state index is 13.4. The van der Waals surface area contributed by atoms with Crippen molar-refractivity contribution in [2.75, 3.05) is 5.32 Å². The largest absolute Gasteiger partial charge is 0.508 e. The molecule has 0 bridgehead atoms. The third kappa shape index (κ3) is 3.60. The predicted molar refractivity (Wildman–Crippen MR) is 113 cm³/mol. The van der Waals surface area contributed by atoms with Gasteiger partial charge in [0, 0.05) is 35.0 Å². The van der Waals surface area contributed by atoms with Gasteiger partial charge >= 0.3 is 0 Å². The number of anilines is 1. The van der Waals surface area contributed by atoms with Crippen LogP contribution in [0.15, 0.2) is 64.8 Å². The number of ketones is 1. The van der Waals surface area contributed by atoms with Gasteiger partial charge < -0.3 is 10.4 Å². The number of phenols is 1. The molecular weight excluding hydrogens is 364 g/mol. The van der Waals surface area contributed by atoms with E-state index < -0.39 is 11.8 Å². The molecule has 4 rings (SSSR count). The lowest BCUT2D eigenvalue weighted by Gasteiger charge is -2.35. The van der Waals surface area contributed by atoms with Crippen LogP contribution in [0.4, 0.5) is 5.69 Å². The molecule has 5 nitrogen and oxygen atoms in total. The summed E-state index contributed by atoms with van der Waals surface area (Å²) in [5, 5.41) is 13.1. The van der Waals surface area contributed by atoms with Crippen molar-refractivity contribution in [2.24, 2.45) is 10.9 Å². The molecule has 1 heterocycles. The fourth-order valence-electron chi connectivity index (χ4n) is 4.35. The smallest absolute Gasteiger partial charge is 0.234 e. The number of hydrogen-bond donors (Lipinski definition) is 2. The maximum Gasteiger partial charge on any atom is 0.234 e. The summed E-state index contributed by atoms with van der Waals surface area (Å²) in [5.41, 5.74) is 4.57. The molecule has 0 saturated carbocycles. The molecule has 1 aliphatic heterocycles. The Hall–Kier alpha value is -3.21. The number of amides is 1. The maximum absolute atomic E-state index is 13.4. The van der Waals surface area contributed by atoms with Gasteiger partial charge in [-0.1, -0.05) is 30.3 Å². The van der Waals surface area contributed by atoms with Crippen LogP contribution in [0.2, 0.25) is 0 Å². The summed E-state index contributed by atoms with van der Waals surface area (Å²) in [6, 6.07) is 14.4. The van der Waals surface area contributed by atoms with Crippen LogP contribution in [0.25, 0.3) is 0 Å². The number of para-hydroxylation sites is 1. The third-order valence-corrected chi connectivity index (χ3v) is 5.75. The minimum atomic E-state index is -0.614. The van der Waals surface area contributed by atoms with Crippen molar-refractivity contribution in [1.82, 2.24) is 0 Å². The van der Waals surface area contributed by atoms with E-state index in [2.05, 4.69) is 10.3 Å². The first kappa shape index (κ1) is 19.1. The second-order valence-electron chi connectivity index (χ2n) is 7.74. The van der Waals surface area contributed by atoms with E-state index in [0.717, 1.165) is 35.4 Å². The average Bonchev–Trinajstić information content (AvgIpc) is 2.69. The molecule has 0 fully saturated rings. The number of rotatable bonds is 3. The Morgan fingerprint density at radius 2 is 1.90 bits per heavy atom. The minimum Gasteiger partial charge on any atom is -0.508 e. The molecule has 1 unspecified atom stereocenters. The first-order chi connectivity index (χ1) is 14.0. The number of aryl methyl sites for hydroxylation is 1.